The minimum absolute atomic E-state index is 0.0210. The number of thiophene rings is 1. The standard InChI is InChI=1S/C27H28ClN3O2S/c1-30(2)17-27(12-13-27)19-6-3-5-18(15-19)11-14-31-16-21-20(26(31)33)7-4-8-22(21)29-25(32)23-9-10-24(28)34-23/h3-10,15H,11-14,16-17H2,1-2H3,(H,29,32). The fraction of sp³-hybridized carbons (Fsp3) is 0.333. The normalized spacial score (nSPS) is 16.1. The summed E-state index contributed by atoms with van der Waals surface area (Å²) >= 11 is 7.21. The molecule has 176 valence electrons. The number of fused-ring (bicyclic) bond motifs is 1. The summed E-state index contributed by atoms with van der Waals surface area (Å²) in [5.74, 6) is -0.188. The molecule has 2 aromatic carbocycles. The second-order valence-electron chi connectivity index (χ2n) is 9.58. The minimum Gasteiger partial charge on any atom is -0.334 e. The van der Waals surface area contributed by atoms with E-state index in [-0.39, 0.29) is 11.8 Å². The second kappa shape index (κ2) is 9.17. The predicted molar refractivity (Wildman–Crippen MR) is 138 cm³/mol. The molecule has 5 rings (SSSR count). The van der Waals surface area contributed by atoms with Gasteiger partial charge in [-0.1, -0.05) is 41.9 Å². The molecule has 1 saturated carbocycles. The lowest BCUT2D eigenvalue weighted by Gasteiger charge is -2.21. The molecule has 2 heterocycles. The molecule has 1 aliphatic carbocycles. The molecule has 1 fully saturated rings. The van der Waals surface area contributed by atoms with E-state index in [0.29, 0.717) is 39.0 Å². The van der Waals surface area contributed by atoms with Gasteiger partial charge in [0.1, 0.15) is 0 Å². The zero-order valence-corrected chi connectivity index (χ0v) is 21.0. The van der Waals surface area contributed by atoms with Crippen LogP contribution in [0.4, 0.5) is 5.69 Å². The Morgan fingerprint density at radius 3 is 2.65 bits per heavy atom. The molecular weight excluding hydrogens is 466 g/mol. The van der Waals surface area contributed by atoms with Crippen LogP contribution in [0.2, 0.25) is 4.34 Å². The number of carbonyl (C=O) groups excluding carboxylic acids is 2. The smallest absolute Gasteiger partial charge is 0.265 e. The van der Waals surface area contributed by atoms with Crippen molar-refractivity contribution in [3.8, 4) is 0 Å². The van der Waals surface area contributed by atoms with E-state index in [0.717, 1.165) is 18.5 Å². The molecule has 1 N–H and O–H groups in total. The molecule has 0 bridgehead atoms. The highest BCUT2D eigenvalue weighted by Crippen LogP contribution is 2.48. The maximum absolute atomic E-state index is 13.1. The second-order valence-corrected chi connectivity index (χ2v) is 11.3. The Morgan fingerprint density at radius 1 is 1.15 bits per heavy atom. The maximum atomic E-state index is 13.1. The first-order chi connectivity index (χ1) is 16.3. The minimum atomic E-state index is -0.209. The lowest BCUT2D eigenvalue weighted by molar-refractivity contribution is 0.0780. The summed E-state index contributed by atoms with van der Waals surface area (Å²) in [6.45, 7) is 2.22. The van der Waals surface area contributed by atoms with Crippen LogP contribution in [0.3, 0.4) is 0 Å². The average Bonchev–Trinajstić information content (AvgIpc) is 3.33. The van der Waals surface area contributed by atoms with Crippen molar-refractivity contribution in [2.24, 2.45) is 0 Å². The van der Waals surface area contributed by atoms with E-state index in [1.807, 2.05) is 23.1 Å². The van der Waals surface area contributed by atoms with Crippen LogP contribution in [-0.4, -0.2) is 48.8 Å². The van der Waals surface area contributed by atoms with Gasteiger partial charge < -0.3 is 15.1 Å². The molecular formula is C27H28ClN3O2S. The quantitative estimate of drug-likeness (QED) is 0.454. The van der Waals surface area contributed by atoms with Gasteiger partial charge in [-0.2, -0.15) is 0 Å². The van der Waals surface area contributed by atoms with Crippen molar-refractivity contribution in [1.82, 2.24) is 9.80 Å². The van der Waals surface area contributed by atoms with Gasteiger partial charge in [0, 0.05) is 41.9 Å². The van der Waals surface area contributed by atoms with Crippen molar-refractivity contribution in [2.75, 3.05) is 32.5 Å². The van der Waals surface area contributed by atoms with E-state index < -0.39 is 0 Å². The molecule has 2 aliphatic rings. The van der Waals surface area contributed by atoms with Crippen LogP contribution in [0.1, 0.15) is 49.6 Å². The van der Waals surface area contributed by atoms with Gasteiger partial charge in [-0.05, 0) is 68.8 Å². The molecule has 7 heteroatoms. The van der Waals surface area contributed by atoms with E-state index in [1.165, 1.54) is 35.3 Å². The zero-order valence-electron chi connectivity index (χ0n) is 19.4. The van der Waals surface area contributed by atoms with Crippen molar-refractivity contribution in [2.45, 2.75) is 31.2 Å². The zero-order chi connectivity index (χ0) is 23.9. The van der Waals surface area contributed by atoms with Crippen molar-refractivity contribution >= 4 is 40.4 Å². The third-order valence-electron chi connectivity index (χ3n) is 6.77. The van der Waals surface area contributed by atoms with Gasteiger partial charge in [-0.15, -0.1) is 11.3 Å². The molecule has 34 heavy (non-hydrogen) atoms. The average molecular weight is 494 g/mol. The summed E-state index contributed by atoms with van der Waals surface area (Å²) in [5.41, 5.74) is 5.19. The van der Waals surface area contributed by atoms with Crippen LogP contribution in [-0.2, 0) is 18.4 Å². The molecule has 5 nitrogen and oxygen atoms in total. The fourth-order valence-corrected chi connectivity index (χ4v) is 5.86. The molecule has 2 amide bonds. The monoisotopic (exact) mass is 493 g/mol. The van der Waals surface area contributed by atoms with Gasteiger partial charge in [-0.25, -0.2) is 0 Å². The summed E-state index contributed by atoms with van der Waals surface area (Å²) < 4.78 is 0.572. The van der Waals surface area contributed by atoms with Gasteiger partial charge >= 0.3 is 0 Å². The lowest BCUT2D eigenvalue weighted by atomic mass is 9.93. The molecule has 0 atom stereocenters. The van der Waals surface area contributed by atoms with Crippen LogP contribution >= 0.6 is 22.9 Å². The highest BCUT2D eigenvalue weighted by Gasteiger charge is 2.44. The number of benzene rings is 2. The fourth-order valence-electron chi connectivity index (χ4n) is 4.92. The summed E-state index contributed by atoms with van der Waals surface area (Å²) in [6.07, 6.45) is 3.28. The molecule has 1 aromatic heterocycles. The molecule has 0 spiro atoms. The van der Waals surface area contributed by atoms with E-state index in [4.69, 9.17) is 11.6 Å². The number of nitrogens with zero attached hydrogens (tertiary/aromatic N) is 2. The molecule has 0 unspecified atom stereocenters. The molecule has 0 radical (unpaired) electrons. The number of nitrogens with one attached hydrogen (secondary N) is 1. The van der Waals surface area contributed by atoms with E-state index in [1.54, 1.807) is 12.1 Å². The highest BCUT2D eigenvalue weighted by molar-refractivity contribution is 7.18. The molecule has 0 saturated heterocycles. The Kier molecular flexibility index (Phi) is 6.23. The maximum Gasteiger partial charge on any atom is 0.265 e. The third-order valence-corrected chi connectivity index (χ3v) is 8.00. The van der Waals surface area contributed by atoms with Crippen molar-refractivity contribution in [3.05, 3.63) is 86.1 Å². The number of hydrogen-bond donors (Lipinski definition) is 1. The largest absolute Gasteiger partial charge is 0.334 e. The third kappa shape index (κ3) is 4.63. The first-order valence-electron chi connectivity index (χ1n) is 11.6. The summed E-state index contributed by atoms with van der Waals surface area (Å²) in [5, 5.41) is 2.96. The SMILES string of the molecule is CN(C)CC1(c2cccc(CCN3Cc4c(NC(=O)c5ccc(Cl)s5)cccc4C3=O)c2)CC1. The van der Waals surface area contributed by atoms with Crippen molar-refractivity contribution in [3.63, 3.8) is 0 Å². The number of likely N-dealkylation sites (N-methyl/N-ethyl adjacent to an activating group) is 1. The topological polar surface area (TPSA) is 52.6 Å². The predicted octanol–water partition coefficient (Wildman–Crippen LogP) is 5.45. The van der Waals surface area contributed by atoms with E-state index >= 15 is 0 Å². The van der Waals surface area contributed by atoms with Crippen LogP contribution in [0, 0.1) is 0 Å². The Morgan fingerprint density at radius 2 is 1.94 bits per heavy atom. The molecule has 1 aliphatic heterocycles. The van der Waals surface area contributed by atoms with E-state index in [9.17, 15) is 9.59 Å². The Balaban J connectivity index is 1.26. The number of halogens is 1. The van der Waals surface area contributed by atoms with Crippen LogP contribution in [0.15, 0.2) is 54.6 Å². The number of amides is 2. The van der Waals surface area contributed by atoms with Gasteiger partial charge in [0.25, 0.3) is 11.8 Å². The van der Waals surface area contributed by atoms with Gasteiger partial charge in [-0.3, -0.25) is 9.59 Å². The number of rotatable bonds is 8. The van der Waals surface area contributed by atoms with Crippen molar-refractivity contribution in [1.29, 1.82) is 0 Å². The molecule has 3 aromatic rings. The summed E-state index contributed by atoms with van der Waals surface area (Å²) in [7, 11) is 4.26. The number of carbonyl (C=O) groups is 2. The number of hydrogen-bond acceptors (Lipinski definition) is 4. The van der Waals surface area contributed by atoms with Gasteiger partial charge in [0.15, 0.2) is 0 Å². The van der Waals surface area contributed by atoms with Crippen LogP contribution in [0.5, 0.6) is 0 Å². The van der Waals surface area contributed by atoms with Crippen molar-refractivity contribution < 1.29 is 9.59 Å². The first kappa shape index (κ1) is 23.1. The highest BCUT2D eigenvalue weighted by atomic mass is 35.5. The Labute approximate surface area is 209 Å². The van der Waals surface area contributed by atoms with Gasteiger partial charge in [0.2, 0.25) is 0 Å². The first-order valence-corrected chi connectivity index (χ1v) is 12.8. The Hall–Kier alpha value is -2.67. The summed E-state index contributed by atoms with van der Waals surface area (Å²) in [6, 6.07) is 17.8. The van der Waals surface area contributed by atoms with Crippen LogP contribution < -0.4 is 5.32 Å². The van der Waals surface area contributed by atoms with Crippen LogP contribution in [0.25, 0.3) is 0 Å². The number of anilines is 1. The lowest BCUT2D eigenvalue weighted by Crippen LogP contribution is -2.27. The summed E-state index contributed by atoms with van der Waals surface area (Å²) in [4.78, 5) is 30.4. The van der Waals surface area contributed by atoms with Gasteiger partial charge in [0.05, 0.1) is 9.21 Å². The Bertz CT molecular complexity index is 1250. The van der Waals surface area contributed by atoms with E-state index in [2.05, 4.69) is 48.6 Å².